The molecule has 0 spiro atoms. The molecular formula is C16H23N3. The van der Waals surface area contributed by atoms with Crippen molar-refractivity contribution < 1.29 is 0 Å². The summed E-state index contributed by atoms with van der Waals surface area (Å²) in [7, 11) is 0. The first-order chi connectivity index (χ1) is 9.17. The number of likely N-dealkylation sites (tertiary alicyclic amines) is 1. The Kier molecular flexibility index (Phi) is 4.44. The third-order valence-electron chi connectivity index (χ3n) is 4.00. The van der Waals surface area contributed by atoms with Gasteiger partial charge in [0, 0.05) is 12.2 Å². The molecule has 1 saturated heterocycles. The highest BCUT2D eigenvalue weighted by Crippen LogP contribution is 2.27. The second kappa shape index (κ2) is 6.08. The number of rotatable bonds is 3. The van der Waals surface area contributed by atoms with Gasteiger partial charge in [0.1, 0.15) is 5.54 Å². The molecule has 0 saturated carbocycles. The van der Waals surface area contributed by atoms with Crippen LogP contribution < -0.4 is 5.32 Å². The minimum absolute atomic E-state index is 0.405. The Morgan fingerprint density at radius 1 is 1.37 bits per heavy atom. The Labute approximate surface area is 116 Å². The number of nitriles is 1. The van der Waals surface area contributed by atoms with Crippen molar-refractivity contribution in [3.63, 3.8) is 0 Å². The average Bonchev–Trinajstić information content (AvgIpc) is 2.62. The fourth-order valence-corrected chi connectivity index (χ4v) is 2.77. The van der Waals surface area contributed by atoms with Crippen LogP contribution in [0.3, 0.4) is 0 Å². The summed E-state index contributed by atoms with van der Waals surface area (Å²) in [4.78, 5) is 2.43. The summed E-state index contributed by atoms with van der Waals surface area (Å²) in [5.41, 5.74) is 1.88. The van der Waals surface area contributed by atoms with E-state index in [9.17, 15) is 5.26 Å². The van der Waals surface area contributed by atoms with E-state index in [1.165, 1.54) is 5.56 Å². The van der Waals surface area contributed by atoms with Gasteiger partial charge in [0.25, 0.3) is 0 Å². The molecule has 0 amide bonds. The highest BCUT2D eigenvalue weighted by Gasteiger charge is 2.32. The van der Waals surface area contributed by atoms with E-state index >= 15 is 0 Å². The molecule has 3 nitrogen and oxygen atoms in total. The largest absolute Gasteiger partial charge is 0.367 e. The number of nitrogens with one attached hydrogen (secondary N) is 1. The Balaban J connectivity index is 2.12. The van der Waals surface area contributed by atoms with Crippen LogP contribution in [-0.2, 0) is 0 Å². The topological polar surface area (TPSA) is 39.1 Å². The molecule has 1 N–H and O–H groups in total. The number of hydrogen-bond acceptors (Lipinski definition) is 3. The second-order valence-electron chi connectivity index (χ2n) is 5.48. The Morgan fingerprint density at radius 2 is 2.21 bits per heavy atom. The Bertz CT molecular complexity index is 463. The molecule has 1 aromatic rings. The summed E-state index contributed by atoms with van der Waals surface area (Å²) in [6.45, 7) is 7.45. The third kappa shape index (κ3) is 3.48. The predicted octanol–water partition coefficient (Wildman–Crippen LogP) is 3.18. The molecule has 0 radical (unpaired) electrons. The van der Waals surface area contributed by atoms with E-state index in [0.717, 1.165) is 44.6 Å². The molecule has 1 heterocycles. The summed E-state index contributed by atoms with van der Waals surface area (Å²) >= 11 is 0. The van der Waals surface area contributed by atoms with Gasteiger partial charge in [-0.1, -0.05) is 19.1 Å². The minimum atomic E-state index is -0.405. The van der Waals surface area contributed by atoms with Crippen LogP contribution in [0, 0.1) is 18.3 Å². The maximum Gasteiger partial charge on any atom is 0.126 e. The zero-order valence-electron chi connectivity index (χ0n) is 11.9. The highest BCUT2D eigenvalue weighted by atomic mass is 15.1. The van der Waals surface area contributed by atoms with Crippen LogP contribution in [0.5, 0.6) is 0 Å². The van der Waals surface area contributed by atoms with Gasteiger partial charge in [-0.25, -0.2) is 0 Å². The van der Waals surface area contributed by atoms with Crippen molar-refractivity contribution in [1.29, 1.82) is 5.26 Å². The fourth-order valence-electron chi connectivity index (χ4n) is 2.77. The van der Waals surface area contributed by atoms with E-state index in [0.29, 0.717) is 0 Å². The molecule has 0 bridgehead atoms. The zero-order valence-corrected chi connectivity index (χ0v) is 11.9. The van der Waals surface area contributed by atoms with Crippen LogP contribution in [0.4, 0.5) is 5.69 Å². The fraction of sp³-hybridized carbons (Fsp3) is 0.562. The van der Waals surface area contributed by atoms with Crippen molar-refractivity contribution in [2.45, 2.75) is 38.6 Å². The van der Waals surface area contributed by atoms with Crippen LogP contribution in [0.2, 0.25) is 0 Å². The lowest BCUT2D eigenvalue weighted by Crippen LogP contribution is -2.38. The first-order valence-electron chi connectivity index (χ1n) is 7.16. The predicted molar refractivity (Wildman–Crippen MR) is 79.1 cm³/mol. The molecule has 1 unspecified atom stereocenters. The monoisotopic (exact) mass is 257 g/mol. The lowest BCUT2D eigenvalue weighted by Gasteiger charge is -2.28. The van der Waals surface area contributed by atoms with E-state index in [1.807, 2.05) is 6.07 Å². The van der Waals surface area contributed by atoms with E-state index in [1.54, 1.807) is 0 Å². The van der Waals surface area contributed by atoms with Crippen molar-refractivity contribution in [2.24, 2.45) is 0 Å². The Hall–Kier alpha value is -1.53. The molecule has 1 aromatic carbocycles. The van der Waals surface area contributed by atoms with Crippen LogP contribution >= 0.6 is 0 Å². The summed E-state index contributed by atoms with van der Waals surface area (Å²) in [5.74, 6) is 0. The molecule has 1 fully saturated rings. The van der Waals surface area contributed by atoms with Gasteiger partial charge in [-0.05, 0) is 57.0 Å². The number of aryl methyl sites for hydroxylation is 1. The zero-order chi connectivity index (χ0) is 13.7. The van der Waals surface area contributed by atoms with Gasteiger partial charge >= 0.3 is 0 Å². The van der Waals surface area contributed by atoms with Crippen LogP contribution in [0.1, 0.15) is 31.7 Å². The van der Waals surface area contributed by atoms with E-state index in [4.69, 9.17) is 0 Å². The average molecular weight is 257 g/mol. The number of benzene rings is 1. The molecule has 1 aliphatic rings. The molecule has 0 aromatic heterocycles. The standard InChI is InChI=1S/C16H23N3/c1-3-19-10-5-8-16(13-17,9-11-19)18-15-7-4-6-14(2)12-15/h4,6-7,12,18H,3,5,8-11H2,1-2H3. The maximum atomic E-state index is 9.63. The van der Waals surface area contributed by atoms with E-state index in [2.05, 4.69) is 48.3 Å². The lowest BCUT2D eigenvalue weighted by atomic mass is 9.91. The SMILES string of the molecule is CCN1CCCC(C#N)(Nc2cccc(C)c2)CC1. The van der Waals surface area contributed by atoms with Crippen molar-refractivity contribution in [2.75, 3.05) is 25.0 Å². The van der Waals surface area contributed by atoms with Crippen molar-refractivity contribution in [3.05, 3.63) is 29.8 Å². The van der Waals surface area contributed by atoms with Crippen LogP contribution in [0.15, 0.2) is 24.3 Å². The number of hydrogen-bond donors (Lipinski definition) is 1. The van der Waals surface area contributed by atoms with Crippen molar-refractivity contribution in [1.82, 2.24) is 4.90 Å². The summed E-state index contributed by atoms with van der Waals surface area (Å²) < 4.78 is 0. The van der Waals surface area contributed by atoms with E-state index in [-0.39, 0.29) is 0 Å². The molecule has 1 atom stereocenters. The maximum absolute atomic E-state index is 9.63. The molecule has 2 rings (SSSR count). The highest BCUT2D eigenvalue weighted by molar-refractivity contribution is 5.49. The summed E-state index contributed by atoms with van der Waals surface area (Å²) in [6, 6.07) is 10.8. The number of nitrogens with zero attached hydrogens (tertiary/aromatic N) is 2. The van der Waals surface area contributed by atoms with Gasteiger partial charge in [0.15, 0.2) is 0 Å². The molecule has 102 valence electrons. The van der Waals surface area contributed by atoms with Crippen molar-refractivity contribution in [3.8, 4) is 6.07 Å². The molecule has 19 heavy (non-hydrogen) atoms. The molecular weight excluding hydrogens is 234 g/mol. The van der Waals surface area contributed by atoms with Gasteiger partial charge < -0.3 is 10.2 Å². The first kappa shape index (κ1) is 13.9. The number of anilines is 1. The Morgan fingerprint density at radius 3 is 2.89 bits per heavy atom. The molecule has 0 aliphatic carbocycles. The van der Waals surface area contributed by atoms with Crippen LogP contribution in [-0.4, -0.2) is 30.1 Å². The lowest BCUT2D eigenvalue weighted by molar-refractivity contribution is 0.297. The quantitative estimate of drug-likeness (QED) is 0.904. The van der Waals surface area contributed by atoms with Gasteiger partial charge in [0.05, 0.1) is 6.07 Å². The minimum Gasteiger partial charge on any atom is -0.367 e. The van der Waals surface area contributed by atoms with Gasteiger partial charge in [-0.3, -0.25) is 0 Å². The van der Waals surface area contributed by atoms with Crippen LogP contribution in [0.25, 0.3) is 0 Å². The van der Waals surface area contributed by atoms with Gasteiger partial charge in [-0.2, -0.15) is 5.26 Å². The summed E-state index contributed by atoms with van der Waals surface area (Å²) in [6.07, 6.45) is 2.90. The van der Waals surface area contributed by atoms with E-state index < -0.39 is 5.54 Å². The third-order valence-corrected chi connectivity index (χ3v) is 4.00. The molecule has 1 aliphatic heterocycles. The smallest absolute Gasteiger partial charge is 0.126 e. The van der Waals surface area contributed by atoms with Gasteiger partial charge in [0.2, 0.25) is 0 Å². The normalized spacial score (nSPS) is 24.5. The second-order valence-corrected chi connectivity index (χ2v) is 5.48. The van der Waals surface area contributed by atoms with Crippen molar-refractivity contribution >= 4 is 5.69 Å². The first-order valence-corrected chi connectivity index (χ1v) is 7.16. The van der Waals surface area contributed by atoms with Gasteiger partial charge in [-0.15, -0.1) is 0 Å². The summed E-state index contributed by atoms with van der Waals surface area (Å²) in [5, 5.41) is 13.1. The molecule has 3 heteroatoms.